The molecule has 1 aliphatic heterocycles. The van der Waals surface area contributed by atoms with Crippen molar-refractivity contribution in [3.63, 3.8) is 0 Å². The molecule has 0 bridgehead atoms. The van der Waals surface area contributed by atoms with E-state index in [2.05, 4.69) is 38.4 Å². The molecule has 1 saturated carbocycles. The molecule has 0 unspecified atom stereocenters. The van der Waals surface area contributed by atoms with E-state index in [1.807, 2.05) is 4.57 Å². The van der Waals surface area contributed by atoms with E-state index in [-0.39, 0.29) is 23.1 Å². The monoisotopic (exact) mass is 493 g/mol. The summed E-state index contributed by atoms with van der Waals surface area (Å²) in [6.07, 6.45) is 11.8. The van der Waals surface area contributed by atoms with Crippen LogP contribution in [-0.4, -0.2) is 52.6 Å². The van der Waals surface area contributed by atoms with Crippen LogP contribution in [0.15, 0.2) is 33.7 Å². The summed E-state index contributed by atoms with van der Waals surface area (Å²) in [5.41, 5.74) is 0.678. The molecule has 1 saturated heterocycles. The second-order valence-electron chi connectivity index (χ2n) is 8.61. The van der Waals surface area contributed by atoms with Crippen molar-refractivity contribution in [3.8, 4) is 0 Å². The third kappa shape index (κ3) is 3.48. The van der Waals surface area contributed by atoms with Crippen LogP contribution in [0.25, 0.3) is 11.0 Å². The Morgan fingerprint density at radius 1 is 1.27 bits per heavy atom. The molecule has 1 atom stereocenters. The van der Waals surface area contributed by atoms with Gasteiger partial charge in [0.25, 0.3) is 5.56 Å². The molecule has 2 aliphatic carbocycles. The van der Waals surface area contributed by atoms with Gasteiger partial charge in [-0.05, 0) is 54.1 Å². The molecule has 3 aliphatic rings. The Labute approximate surface area is 183 Å². The molecule has 160 valence electrons. The number of piperidine rings is 1. The lowest BCUT2D eigenvalue weighted by Crippen LogP contribution is -2.42. The number of aromatic nitrogens is 3. The summed E-state index contributed by atoms with van der Waals surface area (Å²) in [7, 11) is -3.15. The molecule has 0 radical (unpaired) electrons. The fourth-order valence-corrected chi connectivity index (χ4v) is 6.06. The number of pyridine rings is 1. The van der Waals surface area contributed by atoms with Crippen LogP contribution in [0.4, 0.5) is 5.95 Å². The number of sulfonamides is 1. The minimum atomic E-state index is -3.15. The lowest BCUT2D eigenvalue weighted by Gasteiger charge is -2.30. The van der Waals surface area contributed by atoms with Gasteiger partial charge in [-0.15, -0.1) is 0 Å². The molecule has 5 rings (SSSR count). The lowest BCUT2D eigenvalue weighted by molar-refractivity contribution is 0.331. The van der Waals surface area contributed by atoms with E-state index in [9.17, 15) is 13.2 Å². The van der Waals surface area contributed by atoms with Crippen molar-refractivity contribution in [3.05, 3.63) is 39.2 Å². The minimum Gasteiger partial charge on any atom is -0.351 e. The topological polar surface area (TPSA) is 97.2 Å². The number of anilines is 1. The average Bonchev–Trinajstić information content (AvgIpc) is 3.36. The summed E-state index contributed by atoms with van der Waals surface area (Å²) in [5, 5.41) is 4.17. The number of halogens is 1. The number of fused-ring (bicyclic) bond motifs is 1. The quantitative estimate of drug-likeness (QED) is 0.657. The maximum atomic E-state index is 13.1. The van der Waals surface area contributed by atoms with E-state index in [1.54, 1.807) is 12.3 Å². The van der Waals surface area contributed by atoms with Gasteiger partial charge in [-0.25, -0.2) is 17.7 Å². The first kappa shape index (κ1) is 20.1. The van der Waals surface area contributed by atoms with Crippen LogP contribution in [0.2, 0.25) is 0 Å². The van der Waals surface area contributed by atoms with Gasteiger partial charge in [0.05, 0.1) is 16.8 Å². The number of hydrogen-bond acceptors (Lipinski definition) is 6. The molecule has 2 aromatic heterocycles. The first-order valence-corrected chi connectivity index (χ1v) is 12.9. The normalized spacial score (nSPS) is 24.0. The first-order valence-electron chi connectivity index (χ1n) is 10.2. The van der Waals surface area contributed by atoms with Gasteiger partial charge in [-0.1, -0.05) is 12.2 Å². The van der Waals surface area contributed by atoms with Crippen LogP contribution in [0.1, 0.15) is 38.1 Å². The van der Waals surface area contributed by atoms with E-state index in [0.29, 0.717) is 42.0 Å². The smallest absolute Gasteiger partial charge is 0.266 e. The highest BCUT2D eigenvalue weighted by Crippen LogP contribution is 2.59. The average molecular weight is 494 g/mol. The van der Waals surface area contributed by atoms with E-state index in [4.69, 9.17) is 4.98 Å². The molecule has 1 spiro atoms. The molecule has 2 fully saturated rings. The van der Waals surface area contributed by atoms with Crippen molar-refractivity contribution in [1.82, 2.24) is 18.8 Å². The van der Waals surface area contributed by atoms with Crippen molar-refractivity contribution in [2.45, 2.75) is 44.2 Å². The van der Waals surface area contributed by atoms with Crippen LogP contribution in [0, 0.1) is 5.41 Å². The zero-order valence-electron chi connectivity index (χ0n) is 16.7. The Morgan fingerprint density at radius 2 is 2.00 bits per heavy atom. The van der Waals surface area contributed by atoms with Crippen LogP contribution < -0.4 is 10.9 Å². The number of nitrogens with zero attached hydrogens (tertiary/aromatic N) is 4. The van der Waals surface area contributed by atoms with E-state index < -0.39 is 10.0 Å². The summed E-state index contributed by atoms with van der Waals surface area (Å²) in [5.74, 6) is 0.478. The van der Waals surface area contributed by atoms with Crippen LogP contribution in [0.3, 0.4) is 0 Å². The largest absolute Gasteiger partial charge is 0.351 e. The molecule has 0 aromatic carbocycles. The zero-order valence-corrected chi connectivity index (χ0v) is 19.1. The number of rotatable bonds is 4. The maximum Gasteiger partial charge on any atom is 0.266 e. The van der Waals surface area contributed by atoms with Gasteiger partial charge in [0.2, 0.25) is 16.0 Å². The fourth-order valence-electron chi connectivity index (χ4n) is 4.74. The van der Waals surface area contributed by atoms with Crippen LogP contribution in [0.5, 0.6) is 0 Å². The Hall–Kier alpha value is -1.78. The van der Waals surface area contributed by atoms with Gasteiger partial charge < -0.3 is 5.32 Å². The second-order valence-corrected chi connectivity index (χ2v) is 11.4. The third-order valence-electron chi connectivity index (χ3n) is 6.60. The predicted octanol–water partition coefficient (Wildman–Crippen LogP) is 2.67. The summed E-state index contributed by atoms with van der Waals surface area (Å²) >= 11 is 3.41. The molecular weight excluding hydrogens is 470 g/mol. The standard InChI is InChI=1S/C20H24BrN5O3S/c1-30(28,29)25-9-4-14(5-10-25)23-19-22-12-13-11-15(21)18(27)26(17(13)24-19)16-3-2-6-20(16)7-8-20/h2,6,11-12,14,16H,3-5,7-10H2,1H3,(H,22,23,24)/t16-/m1/s1. The molecule has 10 heteroatoms. The molecule has 0 amide bonds. The molecule has 1 N–H and O–H groups in total. The minimum absolute atomic E-state index is 0.0615. The molecule has 30 heavy (non-hydrogen) atoms. The summed E-state index contributed by atoms with van der Waals surface area (Å²) in [6, 6.07) is 1.97. The maximum absolute atomic E-state index is 13.1. The number of hydrogen-bond donors (Lipinski definition) is 1. The highest BCUT2D eigenvalue weighted by atomic mass is 79.9. The van der Waals surface area contributed by atoms with Gasteiger partial charge in [-0.2, -0.15) is 4.98 Å². The third-order valence-corrected chi connectivity index (χ3v) is 8.47. The van der Waals surface area contributed by atoms with Gasteiger partial charge >= 0.3 is 0 Å². The SMILES string of the molecule is CS(=O)(=O)N1CCC(Nc2ncc3cc(Br)c(=O)n([C@@H]4CC=CC45CC5)c3n2)CC1. The summed E-state index contributed by atoms with van der Waals surface area (Å²) in [6.45, 7) is 0.968. The number of nitrogens with one attached hydrogen (secondary N) is 1. The van der Waals surface area contributed by atoms with E-state index >= 15 is 0 Å². The van der Waals surface area contributed by atoms with Gasteiger partial charge in [0.15, 0.2) is 0 Å². The molecule has 8 nitrogen and oxygen atoms in total. The molecular formula is C20H24BrN5O3S. The fraction of sp³-hybridized carbons (Fsp3) is 0.550. The summed E-state index contributed by atoms with van der Waals surface area (Å²) < 4.78 is 27.3. The highest BCUT2D eigenvalue weighted by Gasteiger charge is 2.50. The van der Waals surface area contributed by atoms with Crippen molar-refractivity contribution in [2.24, 2.45) is 5.41 Å². The Bertz CT molecular complexity index is 1200. The Morgan fingerprint density at radius 3 is 2.67 bits per heavy atom. The van der Waals surface area contributed by atoms with Gasteiger partial charge in [0, 0.05) is 36.1 Å². The molecule has 2 aromatic rings. The second kappa shape index (κ2) is 7.13. The Balaban J connectivity index is 1.45. The van der Waals surface area contributed by atoms with E-state index in [0.717, 1.165) is 24.6 Å². The number of allylic oxidation sites excluding steroid dienone is 2. The van der Waals surface area contributed by atoms with Crippen molar-refractivity contribution in [1.29, 1.82) is 0 Å². The predicted molar refractivity (Wildman–Crippen MR) is 119 cm³/mol. The first-order chi connectivity index (χ1) is 14.3. The van der Waals surface area contributed by atoms with Crippen molar-refractivity contribution < 1.29 is 8.42 Å². The Kier molecular flexibility index (Phi) is 4.79. The van der Waals surface area contributed by atoms with Gasteiger partial charge in [-0.3, -0.25) is 9.36 Å². The molecule has 3 heterocycles. The zero-order chi connectivity index (χ0) is 21.1. The van der Waals surface area contributed by atoms with Crippen LogP contribution >= 0.6 is 15.9 Å². The highest BCUT2D eigenvalue weighted by molar-refractivity contribution is 9.10. The summed E-state index contributed by atoms with van der Waals surface area (Å²) in [4.78, 5) is 22.3. The van der Waals surface area contributed by atoms with Crippen molar-refractivity contribution in [2.75, 3.05) is 24.7 Å². The lowest BCUT2D eigenvalue weighted by atomic mass is 10.00. The van der Waals surface area contributed by atoms with E-state index in [1.165, 1.54) is 10.6 Å². The van der Waals surface area contributed by atoms with Gasteiger partial charge in [0.1, 0.15) is 5.65 Å². The van der Waals surface area contributed by atoms with Crippen molar-refractivity contribution >= 4 is 42.9 Å². The van der Waals surface area contributed by atoms with Crippen LogP contribution in [-0.2, 0) is 10.0 Å².